The number of methoxy groups -OCH3 is 1. The van der Waals surface area contributed by atoms with E-state index in [4.69, 9.17) is 0 Å². The minimum atomic E-state index is -0.528. The van der Waals surface area contributed by atoms with Gasteiger partial charge in [0.25, 0.3) is 5.56 Å². The Labute approximate surface area is 172 Å². The van der Waals surface area contributed by atoms with Crippen LogP contribution in [0.4, 0.5) is 0 Å². The zero-order chi connectivity index (χ0) is 21.0. The summed E-state index contributed by atoms with van der Waals surface area (Å²) >= 11 is 1.14. The first-order valence-corrected chi connectivity index (χ1v) is 9.95. The summed E-state index contributed by atoms with van der Waals surface area (Å²) < 4.78 is 6.05. The third kappa shape index (κ3) is 4.65. The standard InChI is InChI=1S/C21H21N3O4S/c1-13-8-9-17(14(2)10-13)24-20(27)15-6-4-5-7-16(15)23-21(24)29-12-18(25)22-11-19(26)28-3/h4-10H,11-12H2,1-3H3,(H,22,25). The highest BCUT2D eigenvalue weighted by atomic mass is 32.2. The Hall–Kier alpha value is -3.13. The lowest BCUT2D eigenvalue weighted by molar-refractivity contribution is -0.140. The number of rotatable bonds is 6. The molecule has 0 spiro atoms. The lowest BCUT2D eigenvalue weighted by Gasteiger charge is -2.15. The van der Waals surface area contributed by atoms with E-state index in [1.807, 2.05) is 38.1 Å². The van der Waals surface area contributed by atoms with Gasteiger partial charge in [0, 0.05) is 0 Å². The number of aryl methyl sites for hydroxylation is 2. The molecule has 150 valence electrons. The first-order valence-electron chi connectivity index (χ1n) is 8.96. The first-order chi connectivity index (χ1) is 13.9. The van der Waals surface area contributed by atoms with Crippen LogP contribution in [0.5, 0.6) is 0 Å². The number of thioether (sulfide) groups is 1. The molecule has 0 unspecified atom stereocenters. The van der Waals surface area contributed by atoms with Crippen LogP contribution in [0.1, 0.15) is 11.1 Å². The van der Waals surface area contributed by atoms with Crippen molar-refractivity contribution in [3.05, 3.63) is 63.9 Å². The summed E-state index contributed by atoms with van der Waals surface area (Å²) in [5, 5.41) is 3.40. The fourth-order valence-electron chi connectivity index (χ4n) is 2.90. The highest BCUT2D eigenvalue weighted by molar-refractivity contribution is 7.99. The van der Waals surface area contributed by atoms with E-state index in [0.717, 1.165) is 28.6 Å². The monoisotopic (exact) mass is 411 g/mol. The number of nitrogens with one attached hydrogen (secondary N) is 1. The van der Waals surface area contributed by atoms with Crippen LogP contribution in [0.15, 0.2) is 52.4 Å². The normalized spacial score (nSPS) is 10.7. The molecule has 0 aliphatic carbocycles. The molecule has 0 radical (unpaired) electrons. The average Bonchev–Trinajstić information content (AvgIpc) is 2.71. The zero-order valence-electron chi connectivity index (χ0n) is 16.4. The molecule has 0 atom stereocenters. The maximum absolute atomic E-state index is 13.2. The summed E-state index contributed by atoms with van der Waals surface area (Å²) in [5.74, 6) is -0.874. The predicted octanol–water partition coefficient (Wildman–Crippen LogP) is 2.38. The molecule has 29 heavy (non-hydrogen) atoms. The van der Waals surface area contributed by atoms with Crippen molar-refractivity contribution in [2.45, 2.75) is 19.0 Å². The Kier molecular flexibility index (Phi) is 6.33. The number of nitrogens with zero attached hydrogens (tertiary/aromatic N) is 2. The number of ether oxygens (including phenoxy) is 1. The van der Waals surface area contributed by atoms with Gasteiger partial charge in [-0.2, -0.15) is 0 Å². The SMILES string of the molecule is COC(=O)CNC(=O)CSc1nc2ccccc2c(=O)n1-c1ccc(C)cc1C. The summed E-state index contributed by atoms with van der Waals surface area (Å²) in [7, 11) is 1.25. The number of aromatic nitrogens is 2. The molecule has 3 aromatic rings. The van der Waals surface area contributed by atoms with E-state index in [9.17, 15) is 14.4 Å². The van der Waals surface area contributed by atoms with Crippen molar-refractivity contribution in [1.29, 1.82) is 0 Å². The minimum absolute atomic E-state index is 0.00663. The molecule has 1 aromatic heterocycles. The smallest absolute Gasteiger partial charge is 0.325 e. The molecular weight excluding hydrogens is 390 g/mol. The second kappa shape index (κ2) is 8.91. The third-order valence-corrected chi connectivity index (χ3v) is 5.27. The summed E-state index contributed by atoms with van der Waals surface area (Å²) in [6, 6.07) is 12.9. The van der Waals surface area contributed by atoms with Crippen LogP contribution in [0.25, 0.3) is 16.6 Å². The molecule has 0 saturated heterocycles. The van der Waals surface area contributed by atoms with E-state index in [1.54, 1.807) is 18.2 Å². The van der Waals surface area contributed by atoms with E-state index in [1.165, 1.54) is 11.7 Å². The minimum Gasteiger partial charge on any atom is -0.468 e. The van der Waals surface area contributed by atoms with E-state index in [-0.39, 0.29) is 23.8 Å². The number of hydrogen-bond donors (Lipinski definition) is 1. The Morgan fingerprint density at radius 1 is 1.17 bits per heavy atom. The van der Waals surface area contributed by atoms with Crippen LogP contribution >= 0.6 is 11.8 Å². The number of amides is 1. The first kappa shape index (κ1) is 20.6. The molecule has 2 aromatic carbocycles. The van der Waals surface area contributed by atoms with Gasteiger partial charge < -0.3 is 10.1 Å². The van der Waals surface area contributed by atoms with Crippen LogP contribution in [0.2, 0.25) is 0 Å². The van der Waals surface area contributed by atoms with Crippen LogP contribution in [0, 0.1) is 13.8 Å². The van der Waals surface area contributed by atoms with Gasteiger partial charge in [-0.05, 0) is 37.6 Å². The molecule has 0 bridgehead atoms. The second-order valence-corrected chi connectivity index (χ2v) is 7.43. The highest BCUT2D eigenvalue weighted by Crippen LogP contribution is 2.23. The average molecular weight is 411 g/mol. The van der Waals surface area contributed by atoms with Gasteiger partial charge >= 0.3 is 5.97 Å². The van der Waals surface area contributed by atoms with Gasteiger partial charge in [-0.15, -0.1) is 0 Å². The summed E-state index contributed by atoms with van der Waals surface area (Å²) in [4.78, 5) is 41.1. The number of esters is 1. The highest BCUT2D eigenvalue weighted by Gasteiger charge is 2.16. The van der Waals surface area contributed by atoms with Gasteiger partial charge in [-0.1, -0.05) is 41.6 Å². The molecule has 0 aliphatic heterocycles. The van der Waals surface area contributed by atoms with Crippen molar-refractivity contribution in [2.24, 2.45) is 0 Å². The maximum Gasteiger partial charge on any atom is 0.325 e. The fourth-order valence-corrected chi connectivity index (χ4v) is 3.74. The van der Waals surface area contributed by atoms with Gasteiger partial charge in [0.15, 0.2) is 5.16 Å². The Balaban J connectivity index is 2.00. The molecule has 8 heteroatoms. The molecule has 3 rings (SSSR count). The summed E-state index contributed by atoms with van der Waals surface area (Å²) in [6.45, 7) is 3.71. The van der Waals surface area contributed by atoms with Crippen LogP contribution < -0.4 is 10.9 Å². The predicted molar refractivity (Wildman–Crippen MR) is 113 cm³/mol. The summed E-state index contributed by atoms with van der Waals surface area (Å²) in [6.07, 6.45) is 0. The van der Waals surface area contributed by atoms with Crippen LogP contribution in [0.3, 0.4) is 0 Å². The van der Waals surface area contributed by atoms with Crippen molar-refractivity contribution in [1.82, 2.24) is 14.9 Å². The lowest BCUT2D eigenvalue weighted by atomic mass is 10.1. The number of carbonyl (C=O) groups excluding carboxylic acids is 2. The van der Waals surface area contributed by atoms with Crippen LogP contribution in [-0.4, -0.2) is 40.8 Å². The Morgan fingerprint density at radius 3 is 2.66 bits per heavy atom. The molecule has 1 amide bonds. The number of para-hydroxylation sites is 1. The molecule has 1 N–H and O–H groups in total. The molecule has 7 nitrogen and oxygen atoms in total. The third-order valence-electron chi connectivity index (χ3n) is 4.33. The van der Waals surface area contributed by atoms with E-state index >= 15 is 0 Å². The van der Waals surface area contributed by atoms with Crippen molar-refractivity contribution in [3.8, 4) is 5.69 Å². The molecule has 1 heterocycles. The fraction of sp³-hybridized carbons (Fsp3) is 0.238. The Bertz CT molecular complexity index is 1140. The van der Waals surface area contributed by atoms with Gasteiger partial charge in [-0.25, -0.2) is 4.98 Å². The van der Waals surface area contributed by atoms with Crippen LogP contribution in [-0.2, 0) is 14.3 Å². The summed E-state index contributed by atoms with van der Waals surface area (Å²) in [5.41, 5.74) is 3.11. The van der Waals surface area contributed by atoms with E-state index in [0.29, 0.717) is 16.1 Å². The molecule has 0 saturated carbocycles. The number of carbonyl (C=O) groups is 2. The topological polar surface area (TPSA) is 90.3 Å². The number of benzene rings is 2. The van der Waals surface area contributed by atoms with Gasteiger partial charge in [0.05, 0.1) is 29.5 Å². The molecular formula is C21H21N3O4S. The van der Waals surface area contributed by atoms with Crippen molar-refractivity contribution in [2.75, 3.05) is 19.4 Å². The number of hydrogen-bond acceptors (Lipinski definition) is 6. The van der Waals surface area contributed by atoms with E-state index < -0.39 is 5.97 Å². The Morgan fingerprint density at radius 2 is 1.93 bits per heavy atom. The lowest BCUT2D eigenvalue weighted by Crippen LogP contribution is -2.31. The molecule has 0 fully saturated rings. The zero-order valence-corrected chi connectivity index (χ0v) is 17.2. The van der Waals surface area contributed by atoms with Gasteiger partial charge in [-0.3, -0.25) is 19.0 Å². The van der Waals surface area contributed by atoms with Gasteiger partial charge in [0.1, 0.15) is 6.54 Å². The maximum atomic E-state index is 13.2. The van der Waals surface area contributed by atoms with Crippen molar-refractivity contribution < 1.29 is 14.3 Å². The van der Waals surface area contributed by atoms with E-state index in [2.05, 4.69) is 15.0 Å². The second-order valence-electron chi connectivity index (χ2n) is 6.48. The largest absolute Gasteiger partial charge is 0.468 e. The number of fused-ring (bicyclic) bond motifs is 1. The van der Waals surface area contributed by atoms with Crippen molar-refractivity contribution in [3.63, 3.8) is 0 Å². The van der Waals surface area contributed by atoms with Crippen molar-refractivity contribution >= 4 is 34.5 Å². The van der Waals surface area contributed by atoms with Gasteiger partial charge in [0.2, 0.25) is 5.91 Å². The molecule has 0 aliphatic rings. The quantitative estimate of drug-likeness (QED) is 0.381.